The van der Waals surface area contributed by atoms with Crippen molar-refractivity contribution in [3.8, 4) is 0 Å². The Bertz CT molecular complexity index is 1020. The van der Waals surface area contributed by atoms with E-state index in [9.17, 15) is 14.4 Å². The molecule has 2 aromatic rings. The Kier molecular flexibility index (Phi) is 10.8. The van der Waals surface area contributed by atoms with Crippen molar-refractivity contribution in [2.45, 2.75) is 77.8 Å². The first-order valence-corrected chi connectivity index (χ1v) is 13.5. The number of benzene rings is 1. The van der Waals surface area contributed by atoms with Crippen LogP contribution in [-0.4, -0.2) is 28.8 Å². The zero-order chi connectivity index (χ0) is 26.1. The lowest BCUT2D eigenvalue weighted by atomic mass is 9.81. The number of ketones is 1. The van der Waals surface area contributed by atoms with E-state index < -0.39 is 17.9 Å². The number of aromatic nitrogens is 1. The lowest BCUT2D eigenvalue weighted by molar-refractivity contribution is -0.132. The highest BCUT2D eigenvalue weighted by molar-refractivity contribution is 6.42. The molecule has 36 heavy (non-hydrogen) atoms. The summed E-state index contributed by atoms with van der Waals surface area (Å²) in [6, 6.07) is 5.99. The summed E-state index contributed by atoms with van der Waals surface area (Å²) in [5.41, 5.74) is 0.821. The highest BCUT2D eigenvalue weighted by Crippen LogP contribution is 2.29. The van der Waals surface area contributed by atoms with Crippen molar-refractivity contribution in [1.29, 1.82) is 0 Å². The molecule has 1 saturated carbocycles. The topological polar surface area (TPSA) is 101 Å². The van der Waals surface area contributed by atoms with Gasteiger partial charge in [0.15, 0.2) is 5.78 Å². The number of hydrogen-bond donors (Lipinski definition) is 2. The SMILES string of the molecule is CC[C@H](C)[C@H](CC(=O)[C@H](CC1CCCCC1)NC(=O)c1ccno1)C(=O)NCc1ccc(Cl)c(Cl)c1. The molecule has 0 spiro atoms. The van der Waals surface area contributed by atoms with Crippen LogP contribution in [0, 0.1) is 17.8 Å². The maximum Gasteiger partial charge on any atom is 0.290 e. The predicted octanol–water partition coefficient (Wildman–Crippen LogP) is 5.99. The number of halogens is 2. The van der Waals surface area contributed by atoms with Crippen molar-refractivity contribution < 1.29 is 18.9 Å². The van der Waals surface area contributed by atoms with Crippen LogP contribution in [0.2, 0.25) is 10.0 Å². The molecule has 0 radical (unpaired) electrons. The molecule has 196 valence electrons. The Morgan fingerprint density at radius 1 is 1.11 bits per heavy atom. The van der Waals surface area contributed by atoms with Crippen LogP contribution in [0.5, 0.6) is 0 Å². The molecule has 2 amide bonds. The Labute approximate surface area is 222 Å². The lowest BCUT2D eigenvalue weighted by Crippen LogP contribution is -2.45. The van der Waals surface area contributed by atoms with E-state index in [4.69, 9.17) is 27.7 Å². The molecule has 3 atom stereocenters. The fraction of sp³-hybridized carbons (Fsp3) is 0.556. The van der Waals surface area contributed by atoms with E-state index in [-0.39, 0.29) is 36.3 Å². The predicted molar refractivity (Wildman–Crippen MR) is 140 cm³/mol. The minimum atomic E-state index is -0.680. The van der Waals surface area contributed by atoms with Gasteiger partial charge in [-0.2, -0.15) is 0 Å². The normalized spacial score (nSPS) is 16.7. The molecule has 1 fully saturated rings. The third-order valence-corrected chi connectivity index (χ3v) is 7.93. The van der Waals surface area contributed by atoms with Crippen LogP contribution < -0.4 is 10.6 Å². The second-order valence-corrected chi connectivity index (χ2v) is 10.6. The van der Waals surface area contributed by atoms with Crippen LogP contribution in [0.1, 0.15) is 81.3 Å². The lowest BCUT2D eigenvalue weighted by Gasteiger charge is -2.28. The van der Waals surface area contributed by atoms with E-state index in [1.165, 1.54) is 18.7 Å². The molecular formula is C27H35Cl2N3O4. The van der Waals surface area contributed by atoms with E-state index in [1.54, 1.807) is 18.2 Å². The number of Topliss-reactive ketones (excluding diaryl/α,β-unsaturated/α-hetero) is 1. The summed E-state index contributed by atoms with van der Waals surface area (Å²) in [7, 11) is 0. The van der Waals surface area contributed by atoms with Crippen molar-refractivity contribution in [1.82, 2.24) is 15.8 Å². The van der Waals surface area contributed by atoms with Gasteiger partial charge in [-0.25, -0.2) is 0 Å². The van der Waals surface area contributed by atoms with E-state index in [0.29, 0.717) is 22.4 Å². The average Bonchev–Trinajstić information content (AvgIpc) is 3.43. The van der Waals surface area contributed by atoms with E-state index in [1.807, 2.05) is 13.8 Å². The second kappa shape index (κ2) is 13.8. The number of hydrogen-bond acceptors (Lipinski definition) is 5. The molecule has 0 bridgehead atoms. The number of carbonyl (C=O) groups excluding carboxylic acids is 3. The molecule has 1 aliphatic rings. The maximum atomic E-state index is 13.5. The van der Waals surface area contributed by atoms with Gasteiger partial charge in [0.05, 0.1) is 22.3 Å². The van der Waals surface area contributed by atoms with Gasteiger partial charge in [0.2, 0.25) is 11.7 Å². The summed E-state index contributed by atoms with van der Waals surface area (Å²) in [6.45, 7) is 4.25. The molecule has 1 heterocycles. The van der Waals surface area contributed by atoms with Gasteiger partial charge >= 0.3 is 0 Å². The Morgan fingerprint density at radius 2 is 1.86 bits per heavy atom. The molecule has 0 saturated heterocycles. The van der Waals surface area contributed by atoms with Crippen LogP contribution >= 0.6 is 23.2 Å². The summed E-state index contributed by atoms with van der Waals surface area (Å²) in [6.07, 6.45) is 8.31. The molecule has 0 unspecified atom stereocenters. The van der Waals surface area contributed by atoms with E-state index in [2.05, 4.69) is 15.8 Å². The third kappa shape index (κ3) is 8.07. The van der Waals surface area contributed by atoms with Crippen molar-refractivity contribution in [2.24, 2.45) is 17.8 Å². The largest absolute Gasteiger partial charge is 0.352 e. The fourth-order valence-corrected chi connectivity index (χ4v) is 5.08. The smallest absolute Gasteiger partial charge is 0.290 e. The molecule has 1 aromatic carbocycles. The van der Waals surface area contributed by atoms with Gasteiger partial charge in [-0.1, -0.05) is 86.8 Å². The number of amides is 2. The van der Waals surface area contributed by atoms with Crippen molar-refractivity contribution in [2.75, 3.05) is 0 Å². The van der Waals surface area contributed by atoms with Gasteiger partial charge in [-0.3, -0.25) is 14.4 Å². The fourth-order valence-electron chi connectivity index (χ4n) is 4.76. The van der Waals surface area contributed by atoms with Crippen molar-refractivity contribution in [3.05, 3.63) is 51.8 Å². The minimum Gasteiger partial charge on any atom is -0.352 e. The summed E-state index contributed by atoms with van der Waals surface area (Å²) < 4.78 is 4.98. The van der Waals surface area contributed by atoms with Gasteiger partial charge in [-0.15, -0.1) is 0 Å². The molecule has 9 heteroatoms. The minimum absolute atomic E-state index is 0.0111. The number of nitrogens with one attached hydrogen (secondary N) is 2. The molecule has 1 aliphatic carbocycles. The molecule has 3 rings (SSSR count). The van der Waals surface area contributed by atoms with Gasteiger partial charge in [0.25, 0.3) is 5.91 Å². The van der Waals surface area contributed by atoms with Gasteiger partial charge < -0.3 is 15.2 Å². The zero-order valence-corrected chi connectivity index (χ0v) is 22.4. The van der Waals surface area contributed by atoms with Crippen molar-refractivity contribution in [3.63, 3.8) is 0 Å². The summed E-state index contributed by atoms with van der Waals surface area (Å²) in [5, 5.41) is 10.3. The summed E-state index contributed by atoms with van der Waals surface area (Å²) in [5.74, 6) is -0.886. The Morgan fingerprint density at radius 3 is 2.50 bits per heavy atom. The number of nitrogens with zero attached hydrogens (tertiary/aromatic N) is 1. The zero-order valence-electron chi connectivity index (χ0n) is 20.9. The molecule has 2 N–H and O–H groups in total. The Hall–Kier alpha value is -2.38. The average molecular weight is 537 g/mol. The van der Waals surface area contributed by atoms with Gasteiger partial charge in [0, 0.05) is 24.9 Å². The number of carbonyl (C=O) groups is 3. The summed E-state index contributed by atoms with van der Waals surface area (Å²) >= 11 is 12.1. The third-order valence-electron chi connectivity index (χ3n) is 7.19. The van der Waals surface area contributed by atoms with Crippen LogP contribution in [0.4, 0.5) is 0 Å². The van der Waals surface area contributed by atoms with Crippen molar-refractivity contribution >= 4 is 40.8 Å². The van der Waals surface area contributed by atoms with Crippen LogP contribution in [0.25, 0.3) is 0 Å². The summed E-state index contributed by atoms with van der Waals surface area (Å²) in [4.78, 5) is 39.4. The molecule has 1 aromatic heterocycles. The van der Waals surface area contributed by atoms with E-state index in [0.717, 1.165) is 37.7 Å². The van der Waals surface area contributed by atoms with Gasteiger partial charge in [0.1, 0.15) is 0 Å². The molecule has 0 aliphatic heterocycles. The highest BCUT2D eigenvalue weighted by Gasteiger charge is 2.32. The van der Waals surface area contributed by atoms with Crippen LogP contribution in [0.3, 0.4) is 0 Å². The first-order chi connectivity index (χ1) is 17.3. The molecule has 7 nitrogen and oxygen atoms in total. The highest BCUT2D eigenvalue weighted by atomic mass is 35.5. The van der Waals surface area contributed by atoms with E-state index >= 15 is 0 Å². The quantitative estimate of drug-likeness (QED) is 0.347. The number of rotatable bonds is 12. The Balaban J connectivity index is 1.69. The standard InChI is InChI=1S/C27H35Cl2N3O4/c1-3-17(2)20(26(34)30-16-19-9-10-21(28)22(29)13-19)15-24(33)23(14-18-7-5-4-6-8-18)32-27(35)25-11-12-31-36-25/h9-13,17-18,20,23H,3-8,14-16H2,1-2H3,(H,30,34)(H,32,35)/t17-,20-,23-/m0/s1. The van der Waals surface area contributed by atoms with Crippen LogP contribution in [-0.2, 0) is 16.1 Å². The monoisotopic (exact) mass is 535 g/mol. The van der Waals surface area contributed by atoms with Crippen LogP contribution in [0.15, 0.2) is 35.0 Å². The molecular weight excluding hydrogens is 501 g/mol. The first-order valence-electron chi connectivity index (χ1n) is 12.7. The van der Waals surface area contributed by atoms with Gasteiger partial charge in [-0.05, 0) is 36.0 Å². The maximum absolute atomic E-state index is 13.5. The first kappa shape index (κ1) is 28.2. The second-order valence-electron chi connectivity index (χ2n) is 9.77.